The molecule has 19 heavy (non-hydrogen) atoms. The van der Waals surface area contributed by atoms with E-state index in [0.717, 1.165) is 37.9 Å². The van der Waals surface area contributed by atoms with Gasteiger partial charge < -0.3 is 10.6 Å². The molecule has 1 aromatic rings. The molecule has 0 radical (unpaired) electrons. The summed E-state index contributed by atoms with van der Waals surface area (Å²) < 4.78 is 50.6. The van der Waals surface area contributed by atoms with E-state index in [1.807, 2.05) is 0 Å². The third-order valence-corrected chi connectivity index (χ3v) is 3.27. The first-order chi connectivity index (χ1) is 8.97. The number of nitrogens with one attached hydrogen (secondary N) is 2. The second-order valence-electron chi connectivity index (χ2n) is 4.70. The summed E-state index contributed by atoms with van der Waals surface area (Å²) in [6.07, 6.45) is -1.44. The zero-order valence-corrected chi connectivity index (χ0v) is 10.4. The van der Waals surface area contributed by atoms with E-state index in [0.29, 0.717) is 18.7 Å². The fourth-order valence-electron chi connectivity index (χ4n) is 2.22. The van der Waals surface area contributed by atoms with Crippen LogP contribution in [0.4, 0.5) is 23.2 Å². The van der Waals surface area contributed by atoms with Crippen molar-refractivity contribution in [3.05, 3.63) is 29.6 Å². The molecular formula is C13H16F4N2. The third-order valence-electron chi connectivity index (χ3n) is 3.27. The van der Waals surface area contributed by atoms with E-state index < -0.39 is 17.6 Å². The Morgan fingerprint density at radius 2 is 2.11 bits per heavy atom. The SMILES string of the molecule is Fc1cc(C(F)(F)F)ccc1NCC[C@@H]1CCCN1. The summed E-state index contributed by atoms with van der Waals surface area (Å²) in [7, 11) is 0. The maximum Gasteiger partial charge on any atom is 0.416 e. The molecule has 106 valence electrons. The summed E-state index contributed by atoms with van der Waals surface area (Å²) in [6, 6.07) is 2.97. The fourth-order valence-corrected chi connectivity index (χ4v) is 2.22. The number of benzene rings is 1. The topological polar surface area (TPSA) is 24.1 Å². The lowest BCUT2D eigenvalue weighted by atomic mass is 10.1. The van der Waals surface area contributed by atoms with Crippen molar-refractivity contribution in [1.82, 2.24) is 5.32 Å². The predicted octanol–water partition coefficient (Wildman–Crippen LogP) is 3.40. The Hall–Kier alpha value is -1.30. The number of hydrogen-bond donors (Lipinski definition) is 2. The highest BCUT2D eigenvalue weighted by Crippen LogP contribution is 2.31. The van der Waals surface area contributed by atoms with E-state index >= 15 is 0 Å². The van der Waals surface area contributed by atoms with Crippen LogP contribution in [0.3, 0.4) is 0 Å². The first-order valence-electron chi connectivity index (χ1n) is 6.31. The number of halogens is 4. The van der Waals surface area contributed by atoms with Gasteiger partial charge in [-0.25, -0.2) is 4.39 Å². The van der Waals surface area contributed by atoms with Gasteiger partial charge in [-0.15, -0.1) is 0 Å². The van der Waals surface area contributed by atoms with E-state index in [1.165, 1.54) is 0 Å². The smallest absolute Gasteiger partial charge is 0.383 e. The molecule has 0 aliphatic carbocycles. The van der Waals surface area contributed by atoms with Crippen LogP contribution < -0.4 is 10.6 Å². The van der Waals surface area contributed by atoms with Crippen LogP contribution in [0.1, 0.15) is 24.8 Å². The normalized spacial score (nSPS) is 19.7. The molecule has 2 nitrogen and oxygen atoms in total. The second kappa shape index (κ2) is 5.77. The van der Waals surface area contributed by atoms with Crippen LogP contribution in [0.25, 0.3) is 0 Å². The van der Waals surface area contributed by atoms with Crippen molar-refractivity contribution in [3.63, 3.8) is 0 Å². The van der Waals surface area contributed by atoms with Gasteiger partial charge >= 0.3 is 6.18 Å². The van der Waals surface area contributed by atoms with Crippen molar-refractivity contribution in [2.75, 3.05) is 18.4 Å². The standard InChI is InChI=1S/C13H16F4N2/c14-11-8-9(13(15,16)17)3-4-12(11)19-7-5-10-2-1-6-18-10/h3-4,8,10,18-19H,1-2,5-7H2/t10-/m0/s1. The van der Waals surface area contributed by atoms with E-state index in [9.17, 15) is 17.6 Å². The van der Waals surface area contributed by atoms with Gasteiger partial charge in [0.1, 0.15) is 5.82 Å². The lowest BCUT2D eigenvalue weighted by molar-refractivity contribution is -0.137. The van der Waals surface area contributed by atoms with E-state index in [2.05, 4.69) is 10.6 Å². The number of alkyl halides is 3. The average molecular weight is 276 g/mol. The van der Waals surface area contributed by atoms with E-state index in [1.54, 1.807) is 0 Å². The first kappa shape index (κ1) is 14.1. The van der Waals surface area contributed by atoms with E-state index in [-0.39, 0.29) is 5.69 Å². The van der Waals surface area contributed by atoms with Crippen molar-refractivity contribution in [2.45, 2.75) is 31.5 Å². The summed E-state index contributed by atoms with van der Waals surface area (Å²) in [5, 5.41) is 6.14. The molecule has 1 aromatic carbocycles. The van der Waals surface area contributed by atoms with Gasteiger partial charge in [0.05, 0.1) is 11.3 Å². The molecule has 6 heteroatoms. The van der Waals surface area contributed by atoms with Gasteiger partial charge in [-0.2, -0.15) is 13.2 Å². The van der Waals surface area contributed by atoms with E-state index in [4.69, 9.17) is 0 Å². The molecule has 1 saturated heterocycles. The fraction of sp³-hybridized carbons (Fsp3) is 0.538. The molecule has 1 fully saturated rings. The minimum absolute atomic E-state index is 0.117. The van der Waals surface area contributed by atoms with Gasteiger partial charge in [-0.05, 0) is 44.0 Å². The van der Waals surface area contributed by atoms with Crippen LogP contribution >= 0.6 is 0 Å². The van der Waals surface area contributed by atoms with Gasteiger partial charge in [0.25, 0.3) is 0 Å². The highest BCUT2D eigenvalue weighted by Gasteiger charge is 2.31. The van der Waals surface area contributed by atoms with Crippen LogP contribution in [-0.2, 0) is 6.18 Å². The third kappa shape index (κ3) is 3.83. The van der Waals surface area contributed by atoms with Gasteiger partial charge in [-0.1, -0.05) is 0 Å². The molecule has 1 heterocycles. The molecule has 0 spiro atoms. The number of hydrogen-bond acceptors (Lipinski definition) is 2. The van der Waals surface area contributed by atoms with Crippen molar-refractivity contribution >= 4 is 5.69 Å². The maximum absolute atomic E-state index is 13.5. The zero-order chi connectivity index (χ0) is 13.9. The lowest BCUT2D eigenvalue weighted by Gasteiger charge is -2.13. The largest absolute Gasteiger partial charge is 0.416 e. The van der Waals surface area contributed by atoms with Gasteiger partial charge in [0.15, 0.2) is 0 Å². The van der Waals surface area contributed by atoms with Crippen LogP contribution in [0.5, 0.6) is 0 Å². The minimum Gasteiger partial charge on any atom is -0.383 e. The Morgan fingerprint density at radius 3 is 2.68 bits per heavy atom. The van der Waals surface area contributed by atoms with Crippen LogP contribution in [-0.4, -0.2) is 19.1 Å². The molecule has 0 saturated carbocycles. The molecule has 1 aliphatic rings. The van der Waals surface area contributed by atoms with Gasteiger partial charge in [0.2, 0.25) is 0 Å². The van der Waals surface area contributed by atoms with Crippen molar-refractivity contribution in [2.24, 2.45) is 0 Å². The molecule has 2 rings (SSSR count). The molecule has 0 aromatic heterocycles. The van der Waals surface area contributed by atoms with Crippen LogP contribution in [0, 0.1) is 5.82 Å². The molecule has 2 N–H and O–H groups in total. The summed E-state index contributed by atoms with van der Waals surface area (Å²) in [6.45, 7) is 1.54. The zero-order valence-electron chi connectivity index (χ0n) is 10.4. The minimum atomic E-state index is -4.51. The molecule has 1 atom stereocenters. The maximum atomic E-state index is 13.5. The predicted molar refractivity (Wildman–Crippen MR) is 65.5 cm³/mol. The molecule has 0 amide bonds. The Bertz CT molecular complexity index is 425. The monoisotopic (exact) mass is 276 g/mol. The molecule has 0 unspecified atom stereocenters. The van der Waals surface area contributed by atoms with Gasteiger partial charge in [0, 0.05) is 12.6 Å². The van der Waals surface area contributed by atoms with Crippen molar-refractivity contribution < 1.29 is 17.6 Å². The molecule has 0 bridgehead atoms. The Morgan fingerprint density at radius 1 is 1.32 bits per heavy atom. The quantitative estimate of drug-likeness (QED) is 0.824. The number of rotatable bonds is 4. The molecular weight excluding hydrogens is 260 g/mol. The highest BCUT2D eigenvalue weighted by atomic mass is 19.4. The first-order valence-corrected chi connectivity index (χ1v) is 6.31. The Labute approximate surface area is 109 Å². The average Bonchev–Trinajstić information content (AvgIpc) is 2.83. The van der Waals surface area contributed by atoms with Crippen molar-refractivity contribution in [3.8, 4) is 0 Å². The van der Waals surface area contributed by atoms with Gasteiger partial charge in [-0.3, -0.25) is 0 Å². The number of anilines is 1. The summed E-state index contributed by atoms with van der Waals surface area (Å²) >= 11 is 0. The van der Waals surface area contributed by atoms with Crippen LogP contribution in [0.15, 0.2) is 18.2 Å². The Kier molecular flexibility index (Phi) is 4.29. The summed E-state index contributed by atoms with van der Waals surface area (Å²) in [5.74, 6) is -0.866. The summed E-state index contributed by atoms with van der Waals surface area (Å²) in [5.41, 5.74) is -0.848. The lowest BCUT2D eigenvalue weighted by Crippen LogP contribution is -2.24. The highest BCUT2D eigenvalue weighted by molar-refractivity contribution is 5.46. The molecule has 1 aliphatic heterocycles. The summed E-state index contributed by atoms with van der Waals surface area (Å²) in [4.78, 5) is 0. The van der Waals surface area contributed by atoms with Crippen LogP contribution in [0.2, 0.25) is 0 Å². The Balaban J connectivity index is 1.90. The second-order valence-corrected chi connectivity index (χ2v) is 4.70. The van der Waals surface area contributed by atoms with Crippen molar-refractivity contribution in [1.29, 1.82) is 0 Å².